The Hall–Kier alpha value is -2.88. The molecule has 9 heteroatoms. The summed E-state index contributed by atoms with van der Waals surface area (Å²) in [7, 11) is 0. The van der Waals surface area contributed by atoms with E-state index >= 15 is 0 Å². The highest BCUT2D eigenvalue weighted by molar-refractivity contribution is 6.06. The number of fused-ring (bicyclic) bond motifs is 1. The number of hydrogen-bond acceptors (Lipinski definition) is 7. The summed E-state index contributed by atoms with van der Waals surface area (Å²) in [5, 5.41) is 23.1. The third kappa shape index (κ3) is 3.05. The molecule has 140 valence electrons. The first-order chi connectivity index (χ1) is 13.1. The van der Waals surface area contributed by atoms with Gasteiger partial charge in [-0.25, -0.2) is 15.0 Å². The molecule has 9 nitrogen and oxygen atoms in total. The number of aliphatic hydroxyl groups is 2. The van der Waals surface area contributed by atoms with E-state index < -0.39 is 24.5 Å². The molecule has 0 saturated carbocycles. The SMILES string of the molecule is CC[C@H]1O[C@@H](n2cnc3c(NC(=O)c4ccccc4)ncnc32)[C@@H](O)C1O. The molecule has 0 bridgehead atoms. The minimum Gasteiger partial charge on any atom is -0.388 e. The number of aliphatic hydroxyl groups excluding tert-OH is 2. The molecule has 0 spiro atoms. The number of nitrogens with zero attached hydrogens (tertiary/aromatic N) is 4. The molecule has 1 amide bonds. The molecule has 1 saturated heterocycles. The number of aromatic nitrogens is 4. The quantitative estimate of drug-likeness (QED) is 0.629. The fourth-order valence-electron chi connectivity index (χ4n) is 3.20. The zero-order chi connectivity index (χ0) is 19.0. The van der Waals surface area contributed by atoms with Crippen molar-refractivity contribution in [3.05, 3.63) is 48.5 Å². The topological polar surface area (TPSA) is 122 Å². The first kappa shape index (κ1) is 17.5. The van der Waals surface area contributed by atoms with Gasteiger partial charge >= 0.3 is 0 Å². The molecule has 1 aliphatic rings. The van der Waals surface area contributed by atoms with Gasteiger partial charge in [-0.3, -0.25) is 9.36 Å². The van der Waals surface area contributed by atoms with Crippen molar-refractivity contribution >= 4 is 22.9 Å². The second kappa shape index (κ2) is 7.03. The number of hydrogen-bond donors (Lipinski definition) is 3. The third-order valence-corrected chi connectivity index (χ3v) is 4.64. The van der Waals surface area contributed by atoms with Gasteiger partial charge in [0.1, 0.15) is 18.5 Å². The number of benzene rings is 1. The van der Waals surface area contributed by atoms with E-state index in [0.717, 1.165) is 0 Å². The first-order valence-electron chi connectivity index (χ1n) is 8.65. The van der Waals surface area contributed by atoms with Crippen molar-refractivity contribution < 1.29 is 19.7 Å². The smallest absolute Gasteiger partial charge is 0.256 e. The molecule has 3 aromatic rings. The number of imidazole rings is 1. The van der Waals surface area contributed by atoms with Crippen LogP contribution in [0.5, 0.6) is 0 Å². The molecular formula is C18H19N5O4. The van der Waals surface area contributed by atoms with Crippen LogP contribution < -0.4 is 5.32 Å². The number of amides is 1. The van der Waals surface area contributed by atoms with Crippen molar-refractivity contribution in [1.29, 1.82) is 0 Å². The highest BCUT2D eigenvalue weighted by Crippen LogP contribution is 2.33. The van der Waals surface area contributed by atoms with Crippen LogP contribution >= 0.6 is 0 Å². The summed E-state index contributed by atoms with van der Waals surface area (Å²) >= 11 is 0. The second-order valence-corrected chi connectivity index (χ2v) is 6.32. The standard InChI is InChI=1S/C18H19N5O4/c1-2-11-13(24)14(25)18(27-11)23-9-21-12-15(19-8-20-16(12)23)22-17(26)10-6-4-3-5-7-10/h3-9,11,13-14,18,24-25H,2H2,1H3,(H,19,20,22,26)/t11-,13?,14+,18-/m1/s1. The fraction of sp³-hybridized carbons (Fsp3) is 0.333. The van der Waals surface area contributed by atoms with E-state index in [2.05, 4.69) is 20.3 Å². The van der Waals surface area contributed by atoms with E-state index in [0.29, 0.717) is 23.1 Å². The normalized spacial score (nSPS) is 25.0. The van der Waals surface area contributed by atoms with Crippen LogP contribution in [-0.2, 0) is 4.74 Å². The van der Waals surface area contributed by atoms with Gasteiger partial charge in [0.05, 0.1) is 12.4 Å². The van der Waals surface area contributed by atoms with Crippen LogP contribution in [0.1, 0.15) is 29.9 Å². The number of rotatable bonds is 4. The number of carbonyl (C=O) groups excluding carboxylic acids is 1. The van der Waals surface area contributed by atoms with Gasteiger partial charge in [0, 0.05) is 5.56 Å². The van der Waals surface area contributed by atoms with E-state index in [4.69, 9.17) is 4.74 Å². The van der Waals surface area contributed by atoms with Gasteiger partial charge in [-0.1, -0.05) is 25.1 Å². The van der Waals surface area contributed by atoms with Crippen molar-refractivity contribution in [2.75, 3.05) is 5.32 Å². The van der Waals surface area contributed by atoms with E-state index in [1.807, 2.05) is 13.0 Å². The Morgan fingerprint density at radius 3 is 2.67 bits per heavy atom. The Balaban J connectivity index is 1.65. The maximum atomic E-state index is 12.4. The van der Waals surface area contributed by atoms with Crippen LogP contribution in [0.15, 0.2) is 43.0 Å². The monoisotopic (exact) mass is 369 g/mol. The highest BCUT2D eigenvalue weighted by atomic mass is 16.6. The molecule has 4 rings (SSSR count). The van der Waals surface area contributed by atoms with E-state index in [9.17, 15) is 15.0 Å². The lowest BCUT2D eigenvalue weighted by molar-refractivity contribution is -0.0355. The third-order valence-electron chi connectivity index (χ3n) is 4.64. The van der Waals surface area contributed by atoms with Crippen molar-refractivity contribution in [2.24, 2.45) is 0 Å². The van der Waals surface area contributed by atoms with Crippen molar-refractivity contribution in [3.8, 4) is 0 Å². The summed E-state index contributed by atoms with van der Waals surface area (Å²) in [4.78, 5) is 25.0. The first-order valence-corrected chi connectivity index (χ1v) is 8.65. The molecule has 1 aromatic carbocycles. The van der Waals surface area contributed by atoms with Crippen LogP contribution in [0.4, 0.5) is 5.82 Å². The minimum atomic E-state index is -1.11. The molecule has 0 aliphatic carbocycles. The van der Waals surface area contributed by atoms with Gasteiger partial charge in [-0.2, -0.15) is 0 Å². The van der Waals surface area contributed by atoms with E-state index in [-0.39, 0.29) is 11.7 Å². The molecule has 1 fully saturated rings. The number of nitrogens with one attached hydrogen (secondary N) is 1. The summed E-state index contributed by atoms with van der Waals surface area (Å²) in [6.45, 7) is 1.87. The second-order valence-electron chi connectivity index (χ2n) is 6.32. The summed E-state index contributed by atoms with van der Waals surface area (Å²) in [5.74, 6) is -0.0588. The Morgan fingerprint density at radius 1 is 1.19 bits per heavy atom. The Kier molecular flexibility index (Phi) is 4.56. The molecule has 2 aromatic heterocycles. The predicted molar refractivity (Wildman–Crippen MR) is 95.9 cm³/mol. The maximum Gasteiger partial charge on any atom is 0.256 e. The number of carbonyl (C=O) groups is 1. The van der Waals surface area contributed by atoms with Crippen LogP contribution in [0.25, 0.3) is 11.2 Å². The fourth-order valence-corrected chi connectivity index (χ4v) is 3.20. The lowest BCUT2D eigenvalue weighted by atomic mass is 10.1. The zero-order valence-electron chi connectivity index (χ0n) is 14.6. The molecule has 4 atom stereocenters. The molecule has 27 heavy (non-hydrogen) atoms. The number of ether oxygens (including phenoxy) is 1. The van der Waals surface area contributed by atoms with Crippen molar-refractivity contribution in [3.63, 3.8) is 0 Å². The van der Waals surface area contributed by atoms with E-state index in [1.165, 1.54) is 12.7 Å². The van der Waals surface area contributed by atoms with Crippen LogP contribution in [0.3, 0.4) is 0 Å². The molecular weight excluding hydrogens is 350 g/mol. The molecule has 1 aliphatic heterocycles. The van der Waals surface area contributed by atoms with Crippen molar-refractivity contribution in [2.45, 2.75) is 37.9 Å². The molecule has 3 heterocycles. The predicted octanol–water partition coefficient (Wildman–Crippen LogP) is 1.11. The summed E-state index contributed by atoms with van der Waals surface area (Å²) in [5.41, 5.74) is 1.25. The average molecular weight is 369 g/mol. The van der Waals surface area contributed by atoms with Gasteiger partial charge in [-0.05, 0) is 18.6 Å². The summed E-state index contributed by atoms with van der Waals surface area (Å²) in [6, 6.07) is 8.76. The van der Waals surface area contributed by atoms with Gasteiger partial charge in [-0.15, -0.1) is 0 Å². The van der Waals surface area contributed by atoms with Gasteiger partial charge < -0.3 is 20.3 Å². The molecule has 3 N–H and O–H groups in total. The van der Waals surface area contributed by atoms with Gasteiger partial charge in [0.2, 0.25) is 0 Å². The molecule has 0 radical (unpaired) electrons. The summed E-state index contributed by atoms with van der Waals surface area (Å²) < 4.78 is 7.29. The van der Waals surface area contributed by atoms with Crippen LogP contribution in [0, 0.1) is 0 Å². The largest absolute Gasteiger partial charge is 0.388 e. The average Bonchev–Trinajstić information content (AvgIpc) is 3.25. The summed E-state index contributed by atoms with van der Waals surface area (Å²) in [6.07, 6.45) is -0.0635. The lowest BCUT2D eigenvalue weighted by Gasteiger charge is -2.16. The molecule has 1 unspecified atom stereocenters. The van der Waals surface area contributed by atoms with Crippen LogP contribution in [-0.4, -0.2) is 54.0 Å². The van der Waals surface area contributed by atoms with Crippen molar-refractivity contribution in [1.82, 2.24) is 19.5 Å². The Bertz CT molecular complexity index is 961. The number of anilines is 1. The zero-order valence-corrected chi connectivity index (χ0v) is 14.6. The van der Waals surface area contributed by atoms with E-state index in [1.54, 1.807) is 28.8 Å². The minimum absolute atomic E-state index is 0.257. The highest BCUT2D eigenvalue weighted by Gasteiger charge is 2.43. The Morgan fingerprint density at radius 2 is 1.96 bits per heavy atom. The van der Waals surface area contributed by atoms with Crippen LogP contribution in [0.2, 0.25) is 0 Å². The van der Waals surface area contributed by atoms with Gasteiger partial charge in [0.25, 0.3) is 5.91 Å². The lowest BCUT2D eigenvalue weighted by Crippen LogP contribution is -2.31. The maximum absolute atomic E-state index is 12.4. The van der Waals surface area contributed by atoms with Gasteiger partial charge in [0.15, 0.2) is 23.2 Å². The Labute approximate surface area is 154 Å².